The molecule has 1 aromatic rings. The van der Waals surface area contributed by atoms with E-state index in [1.807, 2.05) is 5.32 Å². The molecule has 0 atom stereocenters. The Hall–Kier alpha value is -2.21. The van der Waals surface area contributed by atoms with Gasteiger partial charge in [-0.05, 0) is 32.0 Å². The van der Waals surface area contributed by atoms with Crippen molar-refractivity contribution in [1.82, 2.24) is 15.1 Å². The Morgan fingerprint density at radius 3 is 2.44 bits per heavy atom. The van der Waals surface area contributed by atoms with Crippen molar-refractivity contribution in [2.45, 2.75) is 24.8 Å². The van der Waals surface area contributed by atoms with Crippen molar-refractivity contribution in [2.24, 2.45) is 0 Å². The summed E-state index contributed by atoms with van der Waals surface area (Å²) in [4.78, 5) is 39.3. The van der Waals surface area contributed by atoms with E-state index >= 15 is 0 Å². The zero-order valence-electron chi connectivity index (χ0n) is 15.1. The van der Waals surface area contributed by atoms with Crippen molar-refractivity contribution in [3.8, 4) is 0 Å². The quantitative estimate of drug-likeness (QED) is 0.494. The average molecular weight is 422 g/mol. The maximum atomic E-state index is 12.3. The first-order valence-corrected chi connectivity index (χ1v) is 9.41. The van der Waals surface area contributed by atoms with Crippen LogP contribution in [0.4, 0.5) is 4.79 Å². The van der Waals surface area contributed by atoms with Crippen LogP contribution in [0, 0.1) is 0 Å². The smallest absolute Gasteiger partial charge is 0.338 e. The van der Waals surface area contributed by atoms with Gasteiger partial charge in [0, 0.05) is 13.1 Å². The number of carbonyl (C=O) groups excluding carboxylic acids is 3. The minimum Gasteiger partial charge on any atom is -0.452 e. The summed E-state index contributed by atoms with van der Waals surface area (Å²) in [5, 5.41) is 4.28. The number of nitrogens with one attached hydrogen (secondary N) is 2. The van der Waals surface area contributed by atoms with Gasteiger partial charge in [0.2, 0.25) is 0 Å². The summed E-state index contributed by atoms with van der Waals surface area (Å²) in [6, 6.07) is 2.53. The third-order valence-electron chi connectivity index (χ3n) is 3.05. The molecule has 10 nitrogen and oxygen atoms in total. The van der Waals surface area contributed by atoms with Crippen LogP contribution < -0.4 is 10.6 Å². The standard InChI is InChI=1S/C15H20ClN3O7S/c1-9(2)17-15(22)18-13(20)8-26-14(21)10-5-6-11(16)12(7-10)27(23,24)19(3)25-4/h5-7,9H,8H2,1-4H3,(H2,17,18,20,22). The van der Waals surface area contributed by atoms with E-state index in [4.69, 9.17) is 16.3 Å². The molecule has 0 radical (unpaired) electrons. The number of benzene rings is 1. The van der Waals surface area contributed by atoms with Gasteiger partial charge < -0.3 is 10.1 Å². The number of carbonyl (C=O) groups is 3. The lowest BCUT2D eigenvalue weighted by molar-refractivity contribution is -0.123. The summed E-state index contributed by atoms with van der Waals surface area (Å²) in [6.45, 7) is 2.68. The number of esters is 1. The summed E-state index contributed by atoms with van der Waals surface area (Å²) in [5.41, 5.74) is -0.151. The second-order valence-electron chi connectivity index (χ2n) is 5.49. The minimum atomic E-state index is -4.10. The van der Waals surface area contributed by atoms with Gasteiger partial charge >= 0.3 is 12.0 Å². The van der Waals surface area contributed by atoms with Crippen molar-refractivity contribution in [3.63, 3.8) is 0 Å². The Bertz CT molecular complexity index is 827. The van der Waals surface area contributed by atoms with Gasteiger partial charge in [0.05, 0.1) is 17.7 Å². The fourth-order valence-electron chi connectivity index (χ4n) is 1.74. The van der Waals surface area contributed by atoms with Gasteiger partial charge in [-0.3, -0.25) is 14.9 Å². The molecule has 0 fully saturated rings. The van der Waals surface area contributed by atoms with E-state index in [2.05, 4.69) is 10.2 Å². The van der Waals surface area contributed by atoms with Crippen LogP contribution in [0.15, 0.2) is 23.1 Å². The van der Waals surface area contributed by atoms with E-state index in [0.29, 0.717) is 4.47 Å². The first-order valence-electron chi connectivity index (χ1n) is 7.59. The highest BCUT2D eigenvalue weighted by Crippen LogP contribution is 2.25. The SMILES string of the molecule is CON(C)S(=O)(=O)c1cc(C(=O)OCC(=O)NC(=O)NC(C)C)ccc1Cl. The molecule has 12 heteroatoms. The number of ether oxygens (including phenoxy) is 1. The van der Waals surface area contributed by atoms with Gasteiger partial charge in [-0.15, -0.1) is 0 Å². The number of nitrogens with zero attached hydrogens (tertiary/aromatic N) is 1. The molecule has 0 heterocycles. The van der Waals surface area contributed by atoms with Crippen LogP contribution in [0.25, 0.3) is 0 Å². The number of hydrogen-bond acceptors (Lipinski definition) is 7. The number of amides is 3. The van der Waals surface area contributed by atoms with Crippen molar-refractivity contribution in [2.75, 3.05) is 20.8 Å². The van der Waals surface area contributed by atoms with E-state index in [1.54, 1.807) is 13.8 Å². The molecule has 0 bridgehead atoms. The van der Waals surface area contributed by atoms with Crippen molar-refractivity contribution in [3.05, 3.63) is 28.8 Å². The lowest BCUT2D eigenvalue weighted by Gasteiger charge is -2.15. The number of halogens is 1. The fourth-order valence-corrected chi connectivity index (χ4v) is 3.21. The maximum Gasteiger partial charge on any atom is 0.338 e. The van der Waals surface area contributed by atoms with Gasteiger partial charge in [-0.2, -0.15) is 0 Å². The summed E-state index contributed by atoms with van der Waals surface area (Å²) in [6.07, 6.45) is 0. The number of hydrogen-bond donors (Lipinski definition) is 2. The monoisotopic (exact) mass is 421 g/mol. The fraction of sp³-hybridized carbons (Fsp3) is 0.400. The molecule has 1 rings (SSSR count). The Kier molecular flexibility index (Phi) is 8.16. The molecular weight excluding hydrogens is 402 g/mol. The van der Waals surface area contributed by atoms with Gasteiger partial charge in [0.25, 0.3) is 15.9 Å². The predicted octanol–water partition coefficient (Wildman–Crippen LogP) is 0.913. The molecule has 0 aliphatic carbocycles. The van der Waals surface area contributed by atoms with E-state index < -0.39 is 34.5 Å². The normalized spacial score (nSPS) is 11.4. The first-order chi connectivity index (χ1) is 12.5. The van der Waals surface area contributed by atoms with Crippen LogP contribution in [-0.2, 0) is 24.4 Å². The highest BCUT2D eigenvalue weighted by Gasteiger charge is 2.25. The summed E-state index contributed by atoms with van der Waals surface area (Å²) in [7, 11) is -1.79. The molecule has 1 aromatic carbocycles. The van der Waals surface area contributed by atoms with Crippen LogP contribution in [0.5, 0.6) is 0 Å². The number of rotatable bonds is 7. The Morgan fingerprint density at radius 1 is 1.26 bits per heavy atom. The molecule has 0 aliphatic heterocycles. The Morgan fingerprint density at radius 2 is 1.89 bits per heavy atom. The largest absolute Gasteiger partial charge is 0.452 e. The third kappa shape index (κ3) is 6.47. The third-order valence-corrected chi connectivity index (χ3v) is 5.21. The van der Waals surface area contributed by atoms with Crippen molar-refractivity contribution < 1.29 is 32.4 Å². The number of hydroxylamine groups is 1. The van der Waals surface area contributed by atoms with Crippen LogP contribution in [-0.4, -0.2) is 57.6 Å². The predicted molar refractivity (Wildman–Crippen MR) is 95.5 cm³/mol. The summed E-state index contributed by atoms with van der Waals surface area (Å²) < 4.78 is 29.9. The van der Waals surface area contributed by atoms with Gasteiger partial charge in [0.15, 0.2) is 6.61 Å². The highest BCUT2D eigenvalue weighted by molar-refractivity contribution is 7.89. The molecule has 150 valence electrons. The molecule has 3 amide bonds. The minimum absolute atomic E-state index is 0.126. The second kappa shape index (κ2) is 9.65. The van der Waals surface area contributed by atoms with E-state index in [9.17, 15) is 22.8 Å². The van der Waals surface area contributed by atoms with Crippen LogP contribution in [0.1, 0.15) is 24.2 Å². The number of imide groups is 1. The van der Waals surface area contributed by atoms with E-state index in [0.717, 1.165) is 20.2 Å². The van der Waals surface area contributed by atoms with Gasteiger partial charge in [0.1, 0.15) is 4.90 Å². The molecule has 0 saturated heterocycles. The summed E-state index contributed by atoms with van der Waals surface area (Å²) >= 11 is 5.89. The van der Waals surface area contributed by atoms with Gasteiger partial charge in [-0.25, -0.2) is 18.0 Å². The van der Waals surface area contributed by atoms with Crippen LogP contribution >= 0.6 is 11.6 Å². The lowest BCUT2D eigenvalue weighted by atomic mass is 10.2. The number of urea groups is 1. The van der Waals surface area contributed by atoms with Gasteiger partial charge in [-0.1, -0.05) is 16.1 Å². The number of sulfonamides is 1. The molecule has 0 aromatic heterocycles. The maximum absolute atomic E-state index is 12.3. The van der Waals surface area contributed by atoms with Crippen LogP contribution in [0.3, 0.4) is 0 Å². The first kappa shape index (κ1) is 22.8. The molecule has 2 N–H and O–H groups in total. The van der Waals surface area contributed by atoms with E-state index in [1.165, 1.54) is 12.1 Å². The van der Waals surface area contributed by atoms with E-state index in [-0.39, 0.29) is 21.5 Å². The lowest BCUT2D eigenvalue weighted by Crippen LogP contribution is -2.44. The van der Waals surface area contributed by atoms with Crippen LogP contribution in [0.2, 0.25) is 5.02 Å². The molecular formula is C15H20ClN3O7S. The Balaban J connectivity index is 2.84. The highest BCUT2D eigenvalue weighted by atomic mass is 35.5. The zero-order chi connectivity index (χ0) is 20.8. The molecule has 0 spiro atoms. The average Bonchev–Trinajstić information content (AvgIpc) is 2.58. The molecule has 0 aliphatic rings. The molecule has 27 heavy (non-hydrogen) atoms. The Labute approximate surface area is 161 Å². The molecule has 0 unspecified atom stereocenters. The summed E-state index contributed by atoms with van der Waals surface area (Å²) in [5.74, 6) is -1.81. The van der Waals surface area contributed by atoms with Crippen molar-refractivity contribution in [1.29, 1.82) is 0 Å². The topological polar surface area (TPSA) is 131 Å². The zero-order valence-corrected chi connectivity index (χ0v) is 16.7. The van der Waals surface area contributed by atoms with Crippen molar-refractivity contribution >= 4 is 39.5 Å². The second-order valence-corrected chi connectivity index (χ2v) is 7.81. The molecule has 0 saturated carbocycles.